The standard InChI is InChI=1S/C17H23NO2/c1-13(18-9-4-10-19-2)14-5-6-16-12-17(20-3)8-7-15(16)11-14/h5-8,11-13,18H,4,9-10H2,1-3H3. The van der Waals surface area contributed by atoms with Crippen molar-refractivity contribution >= 4 is 10.8 Å². The molecule has 0 fully saturated rings. The third-order valence-electron chi connectivity index (χ3n) is 3.55. The summed E-state index contributed by atoms with van der Waals surface area (Å²) in [6.07, 6.45) is 1.03. The fourth-order valence-corrected chi connectivity index (χ4v) is 2.29. The summed E-state index contributed by atoms with van der Waals surface area (Å²) in [6, 6.07) is 13.1. The van der Waals surface area contributed by atoms with E-state index >= 15 is 0 Å². The number of hydrogen-bond donors (Lipinski definition) is 1. The van der Waals surface area contributed by atoms with Gasteiger partial charge in [0.05, 0.1) is 7.11 Å². The maximum Gasteiger partial charge on any atom is 0.119 e. The third-order valence-corrected chi connectivity index (χ3v) is 3.55. The summed E-state index contributed by atoms with van der Waals surface area (Å²) in [5.41, 5.74) is 1.31. The molecule has 1 unspecified atom stereocenters. The number of nitrogens with one attached hydrogen (secondary N) is 1. The molecule has 2 aromatic rings. The molecule has 0 aliphatic carbocycles. The molecule has 108 valence electrons. The zero-order valence-electron chi connectivity index (χ0n) is 12.5. The van der Waals surface area contributed by atoms with Crippen LogP contribution in [0.15, 0.2) is 36.4 Å². The van der Waals surface area contributed by atoms with E-state index < -0.39 is 0 Å². The van der Waals surface area contributed by atoms with Crippen LogP contribution in [0.25, 0.3) is 10.8 Å². The SMILES string of the molecule is COCCCNC(C)c1ccc2cc(OC)ccc2c1. The van der Waals surface area contributed by atoms with E-state index in [-0.39, 0.29) is 0 Å². The third kappa shape index (κ3) is 3.71. The van der Waals surface area contributed by atoms with Gasteiger partial charge in [-0.1, -0.05) is 18.2 Å². The van der Waals surface area contributed by atoms with Gasteiger partial charge in [-0.05, 0) is 54.4 Å². The Balaban J connectivity index is 2.07. The van der Waals surface area contributed by atoms with E-state index in [1.54, 1.807) is 14.2 Å². The Kier molecular flexibility index (Phi) is 5.39. The van der Waals surface area contributed by atoms with E-state index in [2.05, 4.69) is 42.6 Å². The van der Waals surface area contributed by atoms with Gasteiger partial charge in [0.15, 0.2) is 0 Å². The largest absolute Gasteiger partial charge is 0.497 e. The van der Waals surface area contributed by atoms with Gasteiger partial charge >= 0.3 is 0 Å². The van der Waals surface area contributed by atoms with Crippen molar-refractivity contribution in [3.8, 4) is 5.75 Å². The fourth-order valence-electron chi connectivity index (χ4n) is 2.29. The minimum atomic E-state index is 0.346. The Morgan fingerprint density at radius 3 is 2.55 bits per heavy atom. The fraction of sp³-hybridized carbons (Fsp3) is 0.412. The lowest BCUT2D eigenvalue weighted by molar-refractivity contribution is 0.193. The first-order valence-corrected chi connectivity index (χ1v) is 7.04. The number of hydrogen-bond acceptors (Lipinski definition) is 3. The molecule has 0 bridgehead atoms. The van der Waals surface area contributed by atoms with E-state index in [0.29, 0.717) is 6.04 Å². The van der Waals surface area contributed by atoms with Crippen LogP contribution >= 0.6 is 0 Å². The van der Waals surface area contributed by atoms with Gasteiger partial charge in [-0.2, -0.15) is 0 Å². The molecular formula is C17H23NO2. The number of rotatable bonds is 7. The first-order chi connectivity index (χ1) is 9.74. The first-order valence-electron chi connectivity index (χ1n) is 7.04. The predicted molar refractivity (Wildman–Crippen MR) is 83.4 cm³/mol. The van der Waals surface area contributed by atoms with Crippen molar-refractivity contribution in [2.24, 2.45) is 0 Å². The minimum absolute atomic E-state index is 0.346. The Bertz CT molecular complexity index is 554. The van der Waals surface area contributed by atoms with E-state index in [0.717, 1.165) is 25.3 Å². The molecule has 1 atom stereocenters. The molecule has 0 radical (unpaired) electrons. The zero-order chi connectivity index (χ0) is 14.4. The maximum absolute atomic E-state index is 5.25. The second kappa shape index (κ2) is 7.27. The lowest BCUT2D eigenvalue weighted by atomic mass is 10.0. The van der Waals surface area contributed by atoms with Crippen LogP contribution in [0.1, 0.15) is 24.9 Å². The molecule has 0 aliphatic rings. The second-order valence-corrected chi connectivity index (χ2v) is 4.99. The lowest BCUT2D eigenvalue weighted by Crippen LogP contribution is -2.20. The Morgan fingerprint density at radius 1 is 1.05 bits per heavy atom. The van der Waals surface area contributed by atoms with Crippen molar-refractivity contribution in [3.63, 3.8) is 0 Å². The summed E-state index contributed by atoms with van der Waals surface area (Å²) in [5.74, 6) is 0.899. The molecule has 0 heterocycles. The highest BCUT2D eigenvalue weighted by atomic mass is 16.5. The van der Waals surface area contributed by atoms with Crippen LogP contribution in [0.4, 0.5) is 0 Å². The molecular weight excluding hydrogens is 250 g/mol. The van der Waals surface area contributed by atoms with Gasteiger partial charge in [0.25, 0.3) is 0 Å². The highest BCUT2D eigenvalue weighted by Crippen LogP contribution is 2.24. The van der Waals surface area contributed by atoms with Crippen molar-refractivity contribution < 1.29 is 9.47 Å². The molecule has 3 heteroatoms. The topological polar surface area (TPSA) is 30.5 Å². The molecule has 0 amide bonds. The average Bonchev–Trinajstić information content (AvgIpc) is 2.50. The monoisotopic (exact) mass is 273 g/mol. The smallest absolute Gasteiger partial charge is 0.119 e. The maximum atomic E-state index is 5.25. The van der Waals surface area contributed by atoms with E-state index in [1.165, 1.54) is 16.3 Å². The van der Waals surface area contributed by atoms with Gasteiger partial charge in [0.1, 0.15) is 5.75 Å². The first kappa shape index (κ1) is 14.8. The Hall–Kier alpha value is -1.58. The summed E-state index contributed by atoms with van der Waals surface area (Å²) in [6.45, 7) is 3.96. The minimum Gasteiger partial charge on any atom is -0.497 e. The Labute approximate surface area is 120 Å². The summed E-state index contributed by atoms with van der Waals surface area (Å²) in [7, 11) is 3.43. The molecule has 2 aromatic carbocycles. The van der Waals surface area contributed by atoms with Gasteiger partial charge < -0.3 is 14.8 Å². The second-order valence-electron chi connectivity index (χ2n) is 4.99. The van der Waals surface area contributed by atoms with Crippen LogP contribution in [0.3, 0.4) is 0 Å². The molecule has 1 N–H and O–H groups in total. The highest BCUT2D eigenvalue weighted by Gasteiger charge is 2.05. The van der Waals surface area contributed by atoms with Crippen LogP contribution in [0.5, 0.6) is 5.75 Å². The number of fused-ring (bicyclic) bond motifs is 1. The van der Waals surface area contributed by atoms with Crippen LogP contribution in [-0.4, -0.2) is 27.4 Å². The zero-order valence-corrected chi connectivity index (χ0v) is 12.5. The highest BCUT2D eigenvalue weighted by molar-refractivity contribution is 5.84. The average molecular weight is 273 g/mol. The van der Waals surface area contributed by atoms with Crippen LogP contribution in [0, 0.1) is 0 Å². The Morgan fingerprint density at radius 2 is 1.80 bits per heavy atom. The molecule has 2 rings (SSSR count). The molecule has 3 nitrogen and oxygen atoms in total. The van der Waals surface area contributed by atoms with Crippen LogP contribution in [-0.2, 0) is 4.74 Å². The van der Waals surface area contributed by atoms with Gasteiger partial charge in [-0.3, -0.25) is 0 Å². The van der Waals surface area contributed by atoms with Crippen LogP contribution < -0.4 is 10.1 Å². The summed E-state index contributed by atoms with van der Waals surface area (Å²) in [4.78, 5) is 0. The summed E-state index contributed by atoms with van der Waals surface area (Å²) in [5, 5.41) is 5.97. The van der Waals surface area contributed by atoms with Gasteiger partial charge in [0.2, 0.25) is 0 Å². The molecule has 20 heavy (non-hydrogen) atoms. The van der Waals surface area contributed by atoms with Gasteiger partial charge in [0, 0.05) is 19.8 Å². The predicted octanol–water partition coefficient (Wildman–Crippen LogP) is 3.54. The van der Waals surface area contributed by atoms with Crippen molar-refractivity contribution in [2.75, 3.05) is 27.4 Å². The number of ether oxygens (including phenoxy) is 2. The summed E-state index contributed by atoms with van der Waals surface area (Å²) < 4.78 is 10.3. The van der Waals surface area contributed by atoms with E-state index in [1.807, 2.05) is 6.07 Å². The van der Waals surface area contributed by atoms with Crippen LogP contribution in [0.2, 0.25) is 0 Å². The molecule has 0 aliphatic heterocycles. The van der Waals surface area contributed by atoms with Gasteiger partial charge in [-0.25, -0.2) is 0 Å². The normalized spacial score (nSPS) is 12.6. The van der Waals surface area contributed by atoms with Crippen molar-refractivity contribution in [1.29, 1.82) is 0 Å². The van der Waals surface area contributed by atoms with Crippen molar-refractivity contribution in [3.05, 3.63) is 42.0 Å². The molecule has 0 saturated carbocycles. The lowest BCUT2D eigenvalue weighted by Gasteiger charge is -2.15. The molecule has 0 saturated heterocycles. The van der Waals surface area contributed by atoms with Gasteiger partial charge in [-0.15, -0.1) is 0 Å². The van der Waals surface area contributed by atoms with Crippen molar-refractivity contribution in [2.45, 2.75) is 19.4 Å². The number of methoxy groups -OCH3 is 2. The van der Waals surface area contributed by atoms with E-state index in [4.69, 9.17) is 9.47 Å². The number of benzene rings is 2. The molecule has 0 spiro atoms. The van der Waals surface area contributed by atoms with Crippen molar-refractivity contribution in [1.82, 2.24) is 5.32 Å². The van der Waals surface area contributed by atoms with E-state index in [9.17, 15) is 0 Å². The summed E-state index contributed by atoms with van der Waals surface area (Å²) >= 11 is 0. The molecule has 0 aromatic heterocycles. The quantitative estimate of drug-likeness (QED) is 0.783.